The summed E-state index contributed by atoms with van der Waals surface area (Å²) < 4.78 is 39.7. The number of nitrogens with zero attached hydrogens (tertiary/aromatic N) is 3. The van der Waals surface area contributed by atoms with Gasteiger partial charge in [0.25, 0.3) is 5.91 Å². The second-order valence-electron chi connectivity index (χ2n) is 6.48. The lowest BCUT2D eigenvalue weighted by Gasteiger charge is -2.10. The normalized spacial score (nSPS) is 11.8. The summed E-state index contributed by atoms with van der Waals surface area (Å²) in [6.45, 7) is 3.25. The van der Waals surface area contributed by atoms with Gasteiger partial charge in [0.2, 0.25) is 0 Å². The molecule has 0 saturated heterocycles. The SMILES string of the molecule is CNCCCn1nc(C)c2c(Cl)c(C(=O)Nc3ccc(C(F)(F)F)cc3)cnc21. The van der Waals surface area contributed by atoms with Crippen LogP contribution in [0.2, 0.25) is 5.02 Å². The number of alkyl halides is 3. The van der Waals surface area contributed by atoms with Crippen molar-refractivity contribution in [2.75, 3.05) is 18.9 Å². The summed E-state index contributed by atoms with van der Waals surface area (Å²) >= 11 is 6.45. The molecule has 1 aromatic carbocycles. The summed E-state index contributed by atoms with van der Waals surface area (Å²) in [5.41, 5.74) is 0.773. The zero-order chi connectivity index (χ0) is 21.2. The average Bonchev–Trinajstić information content (AvgIpc) is 2.98. The van der Waals surface area contributed by atoms with Crippen molar-refractivity contribution in [3.8, 4) is 0 Å². The summed E-state index contributed by atoms with van der Waals surface area (Å²) in [7, 11) is 1.86. The topological polar surface area (TPSA) is 71.8 Å². The molecule has 0 spiro atoms. The van der Waals surface area contributed by atoms with Crippen LogP contribution in [0, 0.1) is 6.92 Å². The van der Waals surface area contributed by atoms with Gasteiger partial charge in [-0.25, -0.2) is 9.67 Å². The van der Waals surface area contributed by atoms with Crippen molar-refractivity contribution in [1.82, 2.24) is 20.1 Å². The Balaban J connectivity index is 1.85. The third-order valence-corrected chi connectivity index (χ3v) is 4.78. The van der Waals surface area contributed by atoms with Crippen molar-refractivity contribution in [2.45, 2.75) is 26.1 Å². The van der Waals surface area contributed by atoms with Crippen molar-refractivity contribution < 1.29 is 18.0 Å². The van der Waals surface area contributed by atoms with E-state index in [1.54, 1.807) is 11.6 Å². The number of rotatable bonds is 6. The molecule has 0 unspecified atom stereocenters. The van der Waals surface area contributed by atoms with Crippen LogP contribution < -0.4 is 10.6 Å². The summed E-state index contributed by atoms with van der Waals surface area (Å²) in [5, 5.41) is 10.8. The smallest absolute Gasteiger partial charge is 0.322 e. The minimum atomic E-state index is -4.44. The first kappa shape index (κ1) is 21.1. The fourth-order valence-corrected chi connectivity index (χ4v) is 3.29. The Morgan fingerprint density at radius 3 is 2.55 bits per heavy atom. The first-order chi connectivity index (χ1) is 13.7. The molecule has 0 aliphatic rings. The van der Waals surface area contributed by atoms with Crippen molar-refractivity contribution in [2.24, 2.45) is 0 Å². The molecule has 0 aliphatic carbocycles. The number of aromatic nitrogens is 3. The highest BCUT2D eigenvalue weighted by atomic mass is 35.5. The van der Waals surface area contributed by atoms with E-state index in [-0.39, 0.29) is 16.3 Å². The minimum Gasteiger partial charge on any atom is -0.322 e. The number of pyridine rings is 1. The fourth-order valence-electron chi connectivity index (χ4n) is 2.94. The van der Waals surface area contributed by atoms with Crippen molar-refractivity contribution in [1.29, 1.82) is 0 Å². The Hall–Kier alpha value is -2.65. The monoisotopic (exact) mass is 425 g/mol. The molecule has 154 valence electrons. The highest BCUT2D eigenvalue weighted by Gasteiger charge is 2.30. The number of amides is 1. The molecule has 1 amide bonds. The molecule has 2 N–H and O–H groups in total. The zero-order valence-electron chi connectivity index (χ0n) is 15.8. The lowest BCUT2D eigenvalue weighted by Crippen LogP contribution is -2.14. The molecule has 3 rings (SSSR count). The molecular formula is C19H19ClF3N5O. The fraction of sp³-hybridized carbons (Fsp3) is 0.316. The number of anilines is 1. The number of aryl methyl sites for hydroxylation is 2. The number of hydrogen-bond acceptors (Lipinski definition) is 4. The Bertz CT molecular complexity index is 1030. The summed E-state index contributed by atoms with van der Waals surface area (Å²) in [6.07, 6.45) is -2.24. The Kier molecular flexibility index (Phi) is 6.09. The second kappa shape index (κ2) is 8.38. The Morgan fingerprint density at radius 2 is 1.93 bits per heavy atom. The van der Waals surface area contributed by atoms with E-state index in [0.29, 0.717) is 23.3 Å². The number of halogens is 4. The van der Waals surface area contributed by atoms with E-state index < -0.39 is 17.6 Å². The van der Waals surface area contributed by atoms with Crippen LogP contribution in [0.4, 0.5) is 18.9 Å². The maximum Gasteiger partial charge on any atom is 0.416 e. The molecule has 0 atom stereocenters. The van der Waals surface area contributed by atoms with Gasteiger partial charge in [-0.3, -0.25) is 4.79 Å². The molecule has 0 aliphatic heterocycles. The maximum absolute atomic E-state index is 12.7. The van der Waals surface area contributed by atoms with Crippen LogP contribution in [-0.2, 0) is 12.7 Å². The molecule has 0 bridgehead atoms. The molecule has 2 aromatic heterocycles. The van der Waals surface area contributed by atoms with Crippen LogP contribution >= 0.6 is 11.6 Å². The van der Waals surface area contributed by atoms with Gasteiger partial charge in [-0.2, -0.15) is 18.3 Å². The maximum atomic E-state index is 12.7. The van der Waals surface area contributed by atoms with Gasteiger partial charge in [-0.1, -0.05) is 11.6 Å². The van der Waals surface area contributed by atoms with Crippen LogP contribution in [-0.4, -0.2) is 34.3 Å². The average molecular weight is 426 g/mol. The van der Waals surface area contributed by atoms with Gasteiger partial charge in [0.1, 0.15) is 0 Å². The molecule has 0 radical (unpaired) electrons. The first-order valence-corrected chi connectivity index (χ1v) is 9.25. The molecular weight excluding hydrogens is 407 g/mol. The quantitative estimate of drug-likeness (QED) is 0.578. The molecule has 0 fully saturated rings. The van der Waals surface area contributed by atoms with Crippen molar-refractivity contribution >= 4 is 34.2 Å². The molecule has 2 heterocycles. The zero-order valence-corrected chi connectivity index (χ0v) is 16.5. The summed E-state index contributed by atoms with van der Waals surface area (Å²) in [5.74, 6) is -0.563. The molecule has 29 heavy (non-hydrogen) atoms. The van der Waals surface area contributed by atoms with E-state index in [1.165, 1.54) is 18.3 Å². The summed E-state index contributed by atoms with van der Waals surface area (Å²) in [4.78, 5) is 16.9. The van der Waals surface area contributed by atoms with Crippen LogP contribution in [0.3, 0.4) is 0 Å². The Morgan fingerprint density at radius 1 is 1.24 bits per heavy atom. The van der Waals surface area contributed by atoms with Gasteiger partial charge in [-0.15, -0.1) is 0 Å². The summed E-state index contributed by atoms with van der Waals surface area (Å²) in [6, 6.07) is 4.17. The third-order valence-electron chi connectivity index (χ3n) is 4.38. The number of benzene rings is 1. The van der Waals surface area contributed by atoms with Gasteiger partial charge >= 0.3 is 6.18 Å². The van der Waals surface area contributed by atoms with E-state index in [1.807, 2.05) is 7.05 Å². The van der Waals surface area contributed by atoms with E-state index in [4.69, 9.17) is 11.6 Å². The molecule has 6 nitrogen and oxygen atoms in total. The highest BCUT2D eigenvalue weighted by Crippen LogP contribution is 2.31. The largest absolute Gasteiger partial charge is 0.416 e. The number of carbonyl (C=O) groups is 1. The number of carbonyl (C=O) groups excluding carboxylic acids is 1. The lowest BCUT2D eigenvalue weighted by molar-refractivity contribution is -0.137. The molecule has 3 aromatic rings. The van der Waals surface area contributed by atoms with Crippen LogP contribution in [0.15, 0.2) is 30.5 Å². The third kappa shape index (κ3) is 4.51. The number of nitrogens with one attached hydrogen (secondary N) is 2. The van der Waals surface area contributed by atoms with Crippen LogP contribution in [0.1, 0.15) is 28.0 Å². The first-order valence-electron chi connectivity index (χ1n) is 8.87. The van der Waals surface area contributed by atoms with E-state index in [0.717, 1.165) is 25.1 Å². The van der Waals surface area contributed by atoms with E-state index in [9.17, 15) is 18.0 Å². The van der Waals surface area contributed by atoms with Gasteiger partial charge in [0, 0.05) is 18.4 Å². The predicted molar refractivity (Wildman–Crippen MR) is 105 cm³/mol. The number of fused-ring (bicyclic) bond motifs is 1. The molecule has 0 saturated carbocycles. The van der Waals surface area contributed by atoms with Crippen LogP contribution in [0.25, 0.3) is 11.0 Å². The second-order valence-corrected chi connectivity index (χ2v) is 6.86. The van der Waals surface area contributed by atoms with Gasteiger partial charge < -0.3 is 10.6 Å². The molecule has 10 heteroatoms. The van der Waals surface area contributed by atoms with E-state index in [2.05, 4.69) is 20.7 Å². The van der Waals surface area contributed by atoms with Gasteiger partial charge in [-0.05, 0) is 51.2 Å². The lowest BCUT2D eigenvalue weighted by atomic mass is 10.1. The number of hydrogen-bond donors (Lipinski definition) is 2. The Labute approximate surface area is 170 Å². The predicted octanol–water partition coefficient (Wildman–Crippen LogP) is 4.27. The van der Waals surface area contributed by atoms with Gasteiger partial charge in [0.15, 0.2) is 5.65 Å². The van der Waals surface area contributed by atoms with E-state index >= 15 is 0 Å². The standard InChI is InChI=1S/C19H19ClF3N5O/c1-11-15-16(20)14(10-25-17(15)28(27-11)9-3-8-24-2)18(29)26-13-6-4-12(5-7-13)19(21,22)23/h4-7,10,24H,3,8-9H2,1-2H3,(H,26,29). The minimum absolute atomic E-state index is 0.122. The van der Waals surface area contributed by atoms with Gasteiger partial charge in [0.05, 0.1) is 27.2 Å². The van der Waals surface area contributed by atoms with Crippen molar-refractivity contribution in [3.05, 3.63) is 52.3 Å². The highest BCUT2D eigenvalue weighted by molar-refractivity contribution is 6.39. The van der Waals surface area contributed by atoms with Crippen molar-refractivity contribution in [3.63, 3.8) is 0 Å². The van der Waals surface area contributed by atoms with Crippen LogP contribution in [0.5, 0.6) is 0 Å².